The summed E-state index contributed by atoms with van der Waals surface area (Å²) in [6, 6.07) is -4.46. The molecular weight excluding hydrogens is 1810 g/mol. The van der Waals surface area contributed by atoms with Gasteiger partial charge in [0, 0.05) is 37.3 Å². The predicted octanol–water partition coefficient (Wildman–Crippen LogP) is -6.71. The first-order valence-corrected chi connectivity index (χ1v) is 43.6. The number of alkyl carbamates (subject to hydrolysis) is 1. The van der Waals surface area contributed by atoms with Crippen LogP contribution in [-0.4, -0.2) is 352 Å². The molecule has 8 heterocycles. The Labute approximate surface area is 785 Å². The molecule has 2 aromatic carbocycles. The average Bonchev–Trinajstić information content (AvgIpc) is 1.77. The number of nitrogens with one attached hydrogen (secondary N) is 15. The molecule has 54 heteroatoms. The van der Waals surface area contributed by atoms with E-state index in [0.717, 1.165) is 77.8 Å². The second-order valence-electron chi connectivity index (χ2n) is 32.9. The van der Waals surface area contributed by atoms with Crippen molar-refractivity contribution in [3.8, 4) is 11.5 Å². The smallest absolute Gasteiger partial charge is 0.407 e. The number of amides is 17. The third-order valence-electron chi connectivity index (χ3n) is 22.0. The molecule has 26 atom stereocenters. The molecule has 752 valence electrons. The van der Waals surface area contributed by atoms with E-state index in [1.54, 1.807) is 74.5 Å². The van der Waals surface area contributed by atoms with Crippen LogP contribution in [0, 0.1) is 0 Å². The van der Waals surface area contributed by atoms with Gasteiger partial charge < -0.3 is 203 Å². The summed E-state index contributed by atoms with van der Waals surface area (Å²) in [7, 11) is 0. The molecule has 10 rings (SSSR count). The molecule has 8 aliphatic rings. The maximum Gasteiger partial charge on any atom is 0.407 e. The number of rotatable bonds is 41. The number of benzene rings is 2. The van der Waals surface area contributed by atoms with Crippen LogP contribution in [0.5, 0.6) is 11.5 Å². The van der Waals surface area contributed by atoms with E-state index in [9.17, 15) is 73.5 Å². The lowest BCUT2D eigenvalue weighted by atomic mass is 9.95. The second-order valence-corrected chi connectivity index (χ2v) is 32.9. The highest BCUT2D eigenvalue weighted by molar-refractivity contribution is 5.95. The van der Waals surface area contributed by atoms with Crippen LogP contribution in [0.1, 0.15) is 91.2 Å². The van der Waals surface area contributed by atoms with E-state index in [2.05, 4.69) is 117 Å². The van der Waals surface area contributed by atoms with Gasteiger partial charge in [0.1, 0.15) is 90.5 Å². The monoisotopic (exact) mass is 1940 g/mol. The van der Waals surface area contributed by atoms with Crippen molar-refractivity contribution in [3.63, 3.8) is 0 Å². The number of ether oxygens (including phenoxy) is 11. The predicted molar refractivity (Wildman–Crippen MR) is 484 cm³/mol. The van der Waals surface area contributed by atoms with Crippen molar-refractivity contribution in [2.24, 2.45) is 55.9 Å². The summed E-state index contributed by atoms with van der Waals surface area (Å²) in [5, 5.41) is 97.7. The van der Waals surface area contributed by atoms with Gasteiger partial charge >= 0.3 is 48.3 Å². The maximum absolute atomic E-state index is 13.5. The molecule has 52 nitrogen and oxygen atoms in total. The number of aliphatic hydroxyl groups excluding tert-OH is 5. The molecule has 0 spiro atoms. The fraction of sp³-hybridized carbons (Fsp3) is 0.650. The molecule has 8 fully saturated rings. The molecule has 0 aromatic heterocycles. The van der Waals surface area contributed by atoms with Crippen molar-refractivity contribution in [1.82, 2.24) is 84.7 Å². The number of imide groups is 1. The van der Waals surface area contributed by atoms with Gasteiger partial charge in [-0.1, -0.05) is 52.0 Å². The van der Waals surface area contributed by atoms with Crippen LogP contribution in [0.2, 0.25) is 0 Å². The molecule has 0 bridgehead atoms. The van der Waals surface area contributed by atoms with E-state index in [0.29, 0.717) is 52.7 Å². The van der Waals surface area contributed by atoms with Crippen molar-refractivity contribution in [2.45, 2.75) is 251 Å². The summed E-state index contributed by atoms with van der Waals surface area (Å²) in [6.07, 6.45) is -9.18. The Bertz CT molecular complexity index is 4240. The molecule has 134 heavy (non-hydrogen) atoms. The minimum atomic E-state index is -1.64. The first-order chi connectivity index (χ1) is 62.9. The van der Waals surface area contributed by atoms with Gasteiger partial charge in [0.2, 0.25) is 24.4 Å². The summed E-state index contributed by atoms with van der Waals surface area (Å²) >= 11 is 0. The maximum atomic E-state index is 13.5. The van der Waals surface area contributed by atoms with Crippen LogP contribution in [0.15, 0.2) is 70.7 Å². The van der Waals surface area contributed by atoms with Crippen molar-refractivity contribution in [1.29, 1.82) is 0 Å². The largest absolute Gasteiger partial charge is 0.462 e. The van der Waals surface area contributed by atoms with Gasteiger partial charge in [-0.05, 0) is 139 Å². The van der Waals surface area contributed by atoms with Crippen LogP contribution in [0.4, 0.5) is 38.4 Å². The number of primary amides is 4. The molecule has 8 aliphatic heterocycles. The number of nitrogens with two attached hydrogens (primary N) is 8. The number of carbonyl (C=O) groups is 10. The number of guanidine groups is 2. The molecular formula is C80H132Cl2N26O26. The lowest BCUT2D eigenvalue weighted by Crippen LogP contribution is -2.70. The normalized spacial score (nSPS) is 30.2. The third-order valence-corrected chi connectivity index (χ3v) is 22.0. The van der Waals surface area contributed by atoms with Gasteiger partial charge in [0.05, 0.1) is 68.9 Å². The lowest BCUT2D eigenvalue weighted by molar-refractivity contribution is -0.268. The van der Waals surface area contributed by atoms with E-state index < -0.39 is 226 Å². The Hall–Kier alpha value is -10.7. The first-order valence-electron chi connectivity index (χ1n) is 43.6. The highest BCUT2D eigenvalue weighted by atomic mass is 35.5. The van der Waals surface area contributed by atoms with E-state index in [-0.39, 0.29) is 56.4 Å². The van der Waals surface area contributed by atoms with Crippen LogP contribution in [0.3, 0.4) is 0 Å². The summed E-state index contributed by atoms with van der Waals surface area (Å²) in [5.41, 5.74) is 45.8. The summed E-state index contributed by atoms with van der Waals surface area (Å²) in [4.78, 5) is 133. The Morgan fingerprint density at radius 3 is 1.31 bits per heavy atom. The van der Waals surface area contributed by atoms with E-state index >= 15 is 0 Å². The van der Waals surface area contributed by atoms with Crippen molar-refractivity contribution in [3.05, 3.63) is 71.8 Å². The third kappa shape index (κ3) is 33.4. The number of nitrogens with zero attached hydrogens (tertiary/aromatic N) is 3. The van der Waals surface area contributed by atoms with Crippen molar-refractivity contribution < 1.29 is 126 Å². The fourth-order valence-corrected chi connectivity index (χ4v) is 15.5. The number of halogens is 2. The summed E-state index contributed by atoms with van der Waals surface area (Å²) in [6.45, 7) is 16.9. The van der Waals surface area contributed by atoms with Gasteiger partial charge in [-0.3, -0.25) is 9.59 Å². The number of fused-ring (bicyclic) bond motifs is 2. The first kappa shape index (κ1) is 110. The molecule has 36 N–H and O–H groups in total. The zero-order chi connectivity index (χ0) is 96.0. The number of unbranched alkanes of at least 4 members (excludes halogenated alkanes) is 2. The summed E-state index contributed by atoms with van der Waals surface area (Å²) in [5.74, 6) is -0.616. The molecule has 2 unspecified atom stereocenters. The molecule has 17 amide bonds. The number of aliphatic imine (C=N–C) groups is 2. The highest BCUT2D eigenvalue weighted by Gasteiger charge is 2.57. The Balaban J connectivity index is 0.000000360. The van der Waals surface area contributed by atoms with Gasteiger partial charge in [0.25, 0.3) is 0 Å². The molecule has 0 radical (unpaired) electrons. The number of urea groups is 7. The van der Waals surface area contributed by atoms with Crippen LogP contribution in [0.25, 0.3) is 12.2 Å². The van der Waals surface area contributed by atoms with Gasteiger partial charge in [-0.15, -0.1) is 24.8 Å². The molecule has 8 saturated heterocycles. The van der Waals surface area contributed by atoms with Gasteiger partial charge in [0.15, 0.2) is 37.0 Å². The van der Waals surface area contributed by atoms with Crippen molar-refractivity contribution in [2.75, 3.05) is 78.8 Å². The minimum Gasteiger partial charge on any atom is -0.462 e. The van der Waals surface area contributed by atoms with Crippen molar-refractivity contribution >= 4 is 109 Å². The zero-order valence-corrected chi connectivity index (χ0v) is 76.5. The quantitative estimate of drug-likeness (QED) is 0.0127. The fourth-order valence-electron chi connectivity index (χ4n) is 15.5. The number of carbonyl (C=O) groups excluding carboxylic acids is 10. The minimum absolute atomic E-state index is 0. The topological polar surface area (TPSA) is 790 Å². The second kappa shape index (κ2) is 54.1. The lowest BCUT2D eigenvalue weighted by Gasteiger charge is -2.44. The standard InChI is InChI=1S/2C40H65N13O13.2ClH/c1-19(2)46-15-5-4-13-45-14-6-16-47-25(55)12-9-21-7-10-22(11-8-21)65-34-29(48-36(41)42)32(57)26(20(3)64-34)50-39(60)52-33-28(49-37(43)58)31(56)24(18-62-33)66-35-30-27(23(54)17-63-35)51-40(61)53(30)38(44)59;1-19(2)46-15-5-4-13-45-14-6-16-47-25(54)12-9-21-7-10-22(11-8-21)64-35-30(48-36(41)42)32(56)26(20(3)63-35)51-39(59)53-33-29(50-38(44)58)31(55)24(18-61-33)65-34-28(49-37(43)57)27-23(17-62-34)66-40(60)52-27;;/h7-12,19-20,23-24,26-35,45-46,54,56-57H,4-6,13-18H2,1-3H3,(H2,44,59)(H,47,55)(H,51,61)(H4,41,42,48)(H3,43,49,58)(H2,50,52,60);7-12,19-20,23-24,26-35,45-46,55-56H,4-6,13-18H2,1-3H3,(H,47,54)(H,52,60)(H4,41,42,48)(H3,43,49,57)(H3,44,50,58)(H2,51,53,59);2*1H/b2*12-9+;;/t20-,23+,24-,26-,27-,28-,29-,30+,31+,32+,33+,34-,35?;20-,23+,24-,26-,27-,28+,29-,30-,31+,32+,33+,34?,35-;;/m11../s1. The molecule has 0 saturated carbocycles. The SMILES string of the molecule is CC(C)NCCCCNCCCNC(=O)/C=C/c1ccc(O[C@H]2O[C@H](C)[C@@H](NC(=O)N[C@H]3OC[C@@H](OC4OC[C@@H]5OC(=O)N[C@H]5[C@@H]4NC(N)=O)[C@H](O)[C@H]3NC(N)=O)[C@H](O)[C@H]2N=C(N)N)cc1.CC(C)NCCCCNCCCNC(=O)/C=C/c1ccc(O[C@H]2O[C@H](C)[C@@H](NC(=O)N[C@H]3OC[C@@H](OC4OC[C@H](O)[C@H]5NC(=O)N(C(N)=O)[C@H]45)[C@H](O)[C@H]3NC(N)=O)[C@H](O)[C@H]2N=C(N)N)cc1.Cl.Cl. The van der Waals surface area contributed by atoms with Gasteiger partial charge in [-0.25, -0.2) is 53.2 Å². The number of hydrogen-bond donors (Lipinski definition) is 28. The zero-order valence-electron chi connectivity index (χ0n) is 74.9. The Morgan fingerprint density at radius 1 is 0.478 bits per heavy atom. The number of hydrogen-bond acceptors (Lipinski definition) is 32. The molecule has 2 aromatic rings. The highest BCUT2D eigenvalue weighted by Crippen LogP contribution is 2.34. The van der Waals surface area contributed by atoms with E-state index in [4.69, 9.17) is 98.0 Å². The Kier molecular flexibility index (Phi) is 44.5. The van der Waals surface area contributed by atoms with Crippen LogP contribution in [-0.2, 0) is 52.2 Å². The van der Waals surface area contributed by atoms with Crippen LogP contribution >= 0.6 is 24.8 Å². The molecule has 0 aliphatic carbocycles. The Morgan fingerprint density at radius 2 is 0.888 bits per heavy atom. The van der Waals surface area contributed by atoms with E-state index in [1.165, 1.54) is 12.2 Å². The van der Waals surface area contributed by atoms with Gasteiger partial charge in [-0.2, -0.15) is 0 Å². The van der Waals surface area contributed by atoms with E-state index in [1.807, 2.05) is 0 Å². The summed E-state index contributed by atoms with van der Waals surface area (Å²) < 4.78 is 64.1. The number of aliphatic hydroxyl groups is 5. The average molecular weight is 1940 g/mol. The van der Waals surface area contributed by atoms with Crippen LogP contribution < -0.4 is 135 Å².